The van der Waals surface area contributed by atoms with Gasteiger partial charge in [-0.25, -0.2) is 4.98 Å². The highest BCUT2D eigenvalue weighted by molar-refractivity contribution is 7.10. The van der Waals surface area contributed by atoms with Crippen molar-refractivity contribution in [3.05, 3.63) is 46.4 Å². The number of hydrogen-bond donors (Lipinski definition) is 0. The van der Waals surface area contributed by atoms with E-state index in [0.29, 0.717) is 18.9 Å². The first kappa shape index (κ1) is 18.0. The maximum Gasteiger partial charge on any atom is 0.219 e. The summed E-state index contributed by atoms with van der Waals surface area (Å²) in [5.41, 5.74) is 1.80. The summed E-state index contributed by atoms with van der Waals surface area (Å²) in [6.07, 6.45) is 2.58. The van der Waals surface area contributed by atoms with Crippen molar-refractivity contribution in [2.45, 2.75) is 38.2 Å². The second-order valence-electron chi connectivity index (χ2n) is 6.94. The fraction of sp³-hybridized carbons (Fsp3) is 0.450. The van der Waals surface area contributed by atoms with Crippen molar-refractivity contribution in [3.8, 4) is 5.75 Å². The molecule has 7 heteroatoms. The zero-order valence-corrected chi connectivity index (χ0v) is 16.2. The Labute approximate surface area is 162 Å². The average Bonchev–Trinajstić information content (AvgIpc) is 3.37. The van der Waals surface area contributed by atoms with Crippen LogP contribution in [0.3, 0.4) is 0 Å². The first-order chi connectivity index (χ1) is 13.2. The van der Waals surface area contributed by atoms with Crippen LogP contribution in [0.4, 0.5) is 0 Å². The fourth-order valence-corrected chi connectivity index (χ4v) is 4.42. The van der Waals surface area contributed by atoms with E-state index < -0.39 is 0 Å². The number of piperidine rings is 1. The first-order valence-corrected chi connectivity index (χ1v) is 10.2. The number of thiazole rings is 1. The number of nitrogens with zero attached hydrogens (tertiary/aromatic N) is 3. The van der Waals surface area contributed by atoms with Crippen LogP contribution in [0, 0.1) is 0 Å². The van der Waals surface area contributed by atoms with Gasteiger partial charge in [-0.1, -0.05) is 23.4 Å². The third-order valence-electron chi connectivity index (χ3n) is 5.02. The molecule has 0 spiro atoms. The van der Waals surface area contributed by atoms with Gasteiger partial charge in [-0.15, -0.1) is 11.3 Å². The molecule has 1 fully saturated rings. The Kier molecular flexibility index (Phi) is 5.38. The van der Waals surface area contributed by atoms with Gasteiger partial charge in [0.2, 0.25) is 5.91 Å². The van der Waals surface area contributed by atoms with E-state index in [0.717, 1.165) is 48.1 Å². The summed E-state index contributed by atoms with van der Waals surface area (Å²) in [6, 6.07) is 9.72. The molecule has 2 aliphatic heterocycles. The second-order valence-corrected chi connectivity index (χ2v) is 7.83. The highest BCUT2D eigenvalue weighted by Gasteiger charge is 2.27. The van der Waals surface area contributed by atoms with Crippen molar-refractivity contribution >= 4 is 23.0 Å². The van der Waals surface area contributed by atoms with Crippen LogP contribution >= 0.6 is 11.3 Å². The second kappa shape index (κ2) is 8.08. The van der Waals surface area contributed by atoms with Crippen molar-refractivity contribution in [2.75, 3.05) is 19.7 Å². The molecule has 1 saturated heterocycles. The number of rotatable bonds is 5. The minimum absolute atomic E-state index is 0.0795. The van der Waals surface area contributed by atoms with Crippen molar-refractivity contribution < 1.29 is 14.4 Å². The lowest BCUT2D eigenvalue weighted by molar-refractivity contribution is -0.129. The molecular formula is C20H23N3O3S. The Morgan fingerprint density at radius 3 is 2.81 bits per heavy atom. The van der Waals surface area contributed by atoms with Crippen molar-refractivity contribution in [2.24, 2.45) is 5.16 Å². The minimum Gasteiger partial charge on any atom is -0.490 e. The number of benzene rings is 1. The van der Waals surface area contributed by atoms with E-state index in [2.05, 4.69) is 10.5 Å². The Morgan fingerprint density at radius 1 is 1.30 bits per heavy atom. The van der Waals surface area contributed by atoms with E-state index in [9.17, 15) is 4.79 Å². The van der Waals surface area contributed by atoms with E-state index in [1.807, 2.05) is 35.2 Å². The lowest BCUT2D eigenvalue weighted by Gasteiger charge is -2.30. The molecule has 6 nitrogen and oxygen atoms in total. The van der Waals surface area contributed by atoms with Crippen LogP contribution in [-0.4, -0.2) is 47.3 Å². The van der Waals surface area contributed by atoms with Gasteiger partial charge < -0.3 is 14.5 Å². The molecule has 2 aliphatic rings. The molecule has 27 heavy (non-hydrogen) atoms. The predicted octanol–water partition coefficient (Wildman–Crippen LogP) is 3.44. The van der Waals surface area contributed by atoms with Gasteiger partial charge in [0.05, 0.1) is 10.7 Å². The summed E-state index contributed by atoms with van der Waals surface area (Å²) >= 11 is 1.68. The van der Waals surface area contributed by atoms with Gasteiger partial charge in [0.15, 0.2) is 6.10 Å². The molecular weight excluding hydrogens is 362 g/mol. The molecule has 0 bridgehead atoms. The zero-order chi connectivity index (χ0) is 18.6. The summed E-state index contributed by atoms with van der Waals surface area (Å²) in [7, 11) is 0. The molecule has 0 aliphatic carbocycles. The fourth-order valence-electron chi connectivity index (χ4n) is 3.42. The van der Waals surface area contributed by atoms with Gasteiger partial charge in [-0.05, 0) is 25.0 Å². The minimum atomic E-state index is -0.0795. The third-order valence-corrected chi connectivity index (χ3v) is 6.03. The molecule has 1 aromatic carbocycles. The highest BCUT2D eigenvalue weighted by Crippen LogP contribution is 2.31. The number of oxime groups is 1. The summed E-state index contributed by atoms with van der Waals surface area (Å²) in [4.78, 5) is 23.7. The van der Waals surface area contributed by atoms with E-state index >= 15 is 0 Å². The van der Waals surface area contributed by atoms with Gasteiger partial charge in [-0.3, -0.25) is 4.79 Å². The van der Waals surface area contributed by atoms with E-state index in [4.69, 9.17) is 14.6 Å². The Morgan fingerprint density at radius 2 is 2.07 bits per heavy atom. The van der Waals surface area contributed by atoms with Crippen LogP contribution < -0.4 is 4.74 Å². The highest BCUT2D eigenvalue weighted by atomic mass is 32.1. The number of aromatic nitrogens is 1. The molecule has 1 amide bonds. The van der Waals surface area contributed by atoms with Crippen LogP contribution in [0.5, 0.6) is 5.75 Å². The summed E-state index contributed by atoms with van der Waals surface area (Å²) < 4.78 is 5.76. The van der Waals surface area contributed by atoms with Gasteiger partial charge in [-0.2, -0.15) is 0 Å². The Bertz CT molecular complexity index is 813. The number of ether oxygens (including phenoxy) is 1. The molecule has 2 aromatic rings. The van der Waals surface area contributed by atoms with Gasteiger partial charge in [0, 0.05) is 37.7 Å². The SMILES string of the molecule is CC(=O)N1CCC(c2nc(C3=NOC(COc4ccccc4)C3)cs2)CC1. The molecule has 0 N–H and O–H groups in total. The van der Waals surface area contributed by atoms with Crippen LogP contribution in [0.1, 0.15) is 42.8 Å². The Balaban J connectivity index is 1.30. The first-order valence-electron chi connectivity index (χ1n) is 9.31. The predicted molar refractivity (Wildman–Crippen MR) is 104 cm³/mol. The summed E-state index contributed by atoms with van der Waals surface area (Å²) in [5, 5.41) is 7.42. The number of carbonyl (C=O) groups excluding carboxylic acids is 1. The van der Waals surface area contributed by atoms with Gasteiger partial charge in [0.1, 0.15) is 18.1 Å². The maximum atomic E-state index is 11.5. The van der Waals surface area contributed by atoms with E-state index in [-0.39, 0.29) is 12.0 Å². The average molecular weight is 385 g/mol. The quantitative estimate of drug-likeness (QED) is 0.791. The van der Waals surface area contributed by atoms with Gasteiger partial charge in [0.25, 0.3) is 0 Å². The molecule has 142 valence electrons. The summed E-state index contributed by atoms with van der Waals surface area (Å²) in [6.45, 7) is 3.74. The standard InChI is InChI=1S/C20H23N3O3S/c1-14(24)23-9-7-15(8-10-23)20-21-19(13-27-20)18-11-17(26-22-18)12-25-16-5-3-2-4-6-16/h2-6,13,15,17H,7-12H2,1H3. The van der Waals surface area contributed by atoms with Crippen LogP contribution in [0.15, 0.2) is 40.9 Å². The lowest BCUT2D eigenvalue weighted by Crippen LogP contribution is -2.36. The molecule has 4 rings (SSSR count). The molecule has 1 atom stereocenters. The normalized spacial score (nSPS) is 20.3. The van der Waals surface area contributed by atoms with E-state index in [1.54, 1.807) is 18.3 Å². The molecule has 0 saturated carbocycles. The van der Waals surface area contributed by atoms with Gasteiger partial charge >= 0.3 is 0 Å². The largest absolute Gasteiger partial charge is 0.490 e. The van der Waals surface area contributed by atoms with Crippen LogP contribution in [0.25, 0.3) is 0 Å². The topological polar surface area (TPSA) is 64.0 Å². The van der Waals surface area contributed by atoms with E-state index in [1.165, 1.54) is 0 Å². The van der Waals surface area contributed by atoms with Crippen molar-refractivity contribution in [1.82, 2.24) is 9.88 Å². The molecule has 3 heterocycles. The van der Waals surface area contributed by atoms with Crippen molar-refractivity contribution in [1.29, 1.82) is 0 Å². The molecule has 1 aromatic heterocycles. The van der Waals surface area contributed by atoms with Crippen LogP contribution in [-0.2, 0) is 9.63 Å². The van der Waals surface area contributed by atoms with Crippen molar-refractivity contribution in [3.63, 3.8) is 0 Å². The summed E-state index contributed by atoms with van der Waals surface area (Å²) in [5.74, 6) is 1.43. The number of amides is 1. The zero-order valence-electron chi connectivity index (χ0n) is 15.3. The molecule has 0 radical (unpaired) electrons. The molecule has 1 unspecified atom stereocenters. The third kappa shape index (κ3) is 4.30. The Hall–Kier alpha value is -2.41. The number of hydrogen-bond acceptors (Lipinski definition) is 6. The number of para-hydroxylation sites is 1. The van der Waals surface area contributed by atoms with Crippen LogP contribution in [0.2, 0.25) is 0 Å². The smallest absolute Gasteiger partial charge is 0.219 e. The lowest BCUT2D eigenvalue weighted by atomic mass is 9.97. The monoisotopic (exact) mass is 385 g/mol. The number of carbonyl (C=O) groups is 1. The number of likely N-dealkylation sites (tertiary alicyclic amines) is 1. The maximum absolute atomic E-state index is 11.5.